The zero-order valence-corrected chi connectivity index (χ0v) is 16.7. The molecule has 0 radical (unpaired) electrons. The maximum absolute atomic E-state index is 12.3. The zero-order valence-electron chi connectivity index (χ0n) is 14.3. The molecule has 2 aromatic rings. The average Bonchev–Trinajstić information content (AvgIpc) is 2.62. The lowest BCUT2D eigenvalue weighted by Crippen LogP contribution is -2.18. The maximum Gasteiger partial charge on any atom is 0.254 e. The smallest absolute Gasteiger partial charge is 0.254 e. The van der Waals surface area contributed by atoms with Gasteiger partial charge in [-0.1, -0.05) is 64.9 Å². The lowest BCUT2D eigenvalue weighted by molar-refractivity contribution is -0.0424. The van der Waals surface area contributed by atoms with E-state index in [2.05, 4.69) is 38.0 Å². The van der Waals surface area contributed by atoms with Gasteiger partial charge in [0.05, 0.1) is 18.9 Å². The fourth-order valence-electron chi connectivity index (χ4n) is 2.32. The van der Waals surface area contributed by atoms with Crippen molar-refractivity contribution in [2.75, 3.05) is 31.1 Å². The van der Waals surface area contributed by atoms with Crippen LogP contribution in [0.4, 0.5) is 0 Å². The van der Waals surface area contributed by atoms with Crippen molar-refractivity contribution >= 4 is 27.7 Å². The summed E-state index contributed by atoms with van der Waals surface area (Å²) in [5, 5.41) is 1.43. The van der Waals surface area contributed by atoms with E-state index in [1.165, 1.54) is 11.8 Å². The summed E-state index contributed by atoms with van der Waals surface area (Å²) in [6, 6.07) is 10.1. The van der Waals surface area contributed by atoms with Gasteiger partial charge in [0.2, 0.25) is 0 Å². The summed E-state index contributed by atoms with van der Waals surface area (Å²) in [5.41, 5.74) is 2.71. The number of halogens is 1. The van der Waals surface area contributed by atoms with E-state index in [-0.39, 0.29) is 12.4 Å². The maximum atomic E-state index is 12.3. The van der Waals surface area contributed by atoms with Crippen LogP contribution in [-0.4, -0.2) is 41.1 Å². The molecular formula is C18H23BrN2O3S. The first-order valence-electron chi connectivity index (χ1n) is 8.24. The minimum atomic E-state index is -0.0486. The highest BCUT2D eigenvalue weighted by Crippen LogP contribution is 2.16. The van der Waals surface area contributed by atoms with E-state index in [0.717, 1.165) is 22.2 Å². The van der Waals surface area contributed by atoms with Crippen molar-refractivity contribution in [1.82, 2.24) is 9.97 Å². The summed E-state index contributed by atoms with van der Waals surface area (Å²) < 4.78 is 10.6. The summed E-state index contributed by atoms with van der Waals surface area (Å²) in [6.45, 7) is 3.43. The molecule has 0 aliphatic rings. The second-order valence-electron chi connectivity index (χ2n) is 5.28. The Kier molecular flexibility index (Phi) is 9.25. The molecule has 0 amide bonds. The Hall–Kier alpha value is -1.15. The Morgan fingerprint density at radius 1 is 1.20 bits per heavy atom. The number of hydrogen-bond acceptors (Lipinski definition) is 5. The van der Waals surface area contributed by atoms with Crippen LogP contribution in [0.2, 0.25) is 0 Å². The minimum absolute atomic E-state index is 0.0486. The van der Waals surface area contributed by atoms with Crippen LogP contribution >= 0.6 is 27.7 Å². The Morgan fingerprint density at radius 3 is 2.68 bits per heavy atom. The summed E-state index contributed by atoms with van der Waals surface area (Å²) in [4.78, 5) is 19.9. The first kappa shape index (κ1) is 20.2. The highest BCUT2D eigenvalue weighted by molar-refractivity contribution is 9.09. The van der Waals surface area contributed by atoms with Crippen LogP contribution in [-0.2, 0) is 22.3 Å². The number of nitrogens with one attached hydrogen (secondary N) is 1. The lowest BCUT2D eigenvalue weighted by Gasteiger charge is -2.09. The standard InChI is InChI=1S/C18H23BrN2O3S/c1-2-15-16(12-14-6-4-3-5-7-14)20-18(21-17(15)22)25-11-10-24-13-23-9-8-19/h3-7H,2,8-13H2,1H3,(H,20,21,22). The SMILES string of the molecule is CCc1c(Cc2ccccc2)nc(SCCOCOCCBr)[nH]c1=O. The van der Waals surface area contributed by atoms with Crippen LogP contribution < -0.4 is 5.56 Å². The molecule has 0 saturated carbocycles. The van der Waals surface area contributed by atoms with Crippen molar-refractivity contribution in [3.05, 3.63) is 57.5 Å². The van der Waals surface area contributed by atoms with Gasteiger partial charge in [0.1, 0.15) is 6.79 Å². The molecule has 0 bridgehead atoms. The molecule has 5 nitrogen and oxygen atoms in total. The number of rotatable bonds is 11. The van der Waals surface area contributed by atoms with Crippen LogP contribution in [0.3, 0.4) is 0 Å². The van der Waals surface area contributed by atoms with Gasteiger partial charge in [0.25, 0.3) is 5.56 Å². The Morgan fingerprint density at radius 2 is 1.96 bits per heavy atom. The number of H-pyrrole nitrogens is 1. The molecular weight excluding hydrogens is 404 g/mol. The molecule has 136 valence electrons. The molecule has 0 saturated heterocycles. The van der Waals surface area contributed by atoms with Gasteiger partial charge in [-0.3, -0.25) is 4.79 Å². The largest absolute Gasteiger partial charge is 0.355 e. The molecule has 1 N–H and O–H groups in total. The van der Waals surface area contributed by atoms with Gasteiger partial charge in [-0.05, 0) is 12.0 Å². The molecule has 0 aliphatic heterocycles. The Balaban J connectivity index is 1.96. The van der Waals surface area contributed by atoms with E-state index in [1.54, 1.807) is 0 Å². The third-order valence-electron chi connectivity index (χ3n) is 3.50. The molecule has 7 heteroatoms. The van der Waals surface area contributed by atoms with Crippen molar-refractivity contribution in [2.24, 2.45) is 0 Å². The molecule has 0 aliphatic carbocycles. The summed E-state index contributed by atoms with van der Waals surface area (Å²) >= 11 is 4.77. The van der Waals surface area contributed by atoms with E-state index in [0.29, 0.717) is 37.0 Å². The van der Waals surface area contributed by atoms with Gasteiger partial charge in [-0.25, -0.2) is 4.98 Å². The van der Waals surface area contributed by atoms with Crippen LogP contribution in [0.1, 0.15) is 23.7 Å². The van der Waals surface area contributed by atoms with Gasteiger partial charge in [-0.15, -0.1) is 0 Å². The number of thioether (sulfide) groups is 1. The van der Waals surface area contributed by atoms with Crippen molar-refractivity contribution in [3.63, 3.8) is 0 Å². The third-order valence-corrected chi connectivity index (χ3v) is 4.66. The molecule has 0 atom stereocenters. The summed E-state index contributed by atoms with van der Waals surface area (Å²) in [7, 11) is 0. The molecule has 25 heavy (non-hydrogen) atoms. The number of ether oxygens (including phenoxy) is 2. The predicted octanol–water partition coefficient (Wildman–Crippen LogP) is 3.40. The number of hydrogen-bond donors (Lipinski definition) is 1. The van der Waals surface area contributed by atoms with Gasteiger partial charge in [-0.2, -0.15) is 0 Å². The molecule has 2 rings (SSSR count). The molecule has 1 heterocycles. The quantitative estimate of drug-likeness (QED) is 0.196. The number of benzene rings is 1. The average molecular weight is 427 g/mol. The predicted molar refractivity (Wildman–Crippen MR) is 105 cm³/mol. The summed E-state index contributed by atoms with van der Waals surface area (Å²) in [5.74, 6) is 0.705. The second kappa shape index (κ2) is 11.5. The fourth-order valence-corrected chi connectivity index (χ4v) is 3.28. The van der Waals surface area contributed by atoms with E-state index >= 15 is 0 Å². The lowest BCUT2D eigenvalue weighted by atomic mass is 10.1. The number of aromatic nitrogens is 2. The van der Waals surface area contributed by atoms with E-state index < -0.39 is 0 Å². The molecule has 0 spiro atoms. The van der Waals surface area contributed by atoms with Crippen LogP contribution in [0, 0.1) is 0 Å². The topological polar surface area (TPSA) is 64.2 Å². The van der Waals surface area contributed by atoms with Crippen LogP contribution in [0.25, 0.3) is 0 Å². The van der Waals surface area contributed by atoms with Crippen LogP contribution in [0.15, 0.2) is 40.3 Å². The first-order chi connectivity index (χ1) is 12.2. The Labute approximate surface area is 160 Å². The van der Waals surface area contributed by atoms with E-state index in [9.17, 15) is 4.79 Å². The fraction of sp³-hybridized carbons (Fsp3) is 0.444. The molecule has 0 unspecified atom stereocenters. The third kappa shape index (κ3) is 6.93. The molecule has 0 fully saturated rings. The first-order valence-corrected chi connectivity index (χ1v) is 10.4. The summed E-state index contributed by atoms with van der Waals surface area (Å²) in [6.07, 6.45) is 1.34. The van der Waals surface area contributed by atoms with E-state index in [1.807, 2.05) is 25.1 Å². The van der Waals surface area contributed by atoms with Crippen molar-refractivity contribution in [2.45, 2.75) is 24.9 Å². The molecule has 1 aromatic carbocycles. The van der Waals surface area contributed by atoms with Gasteiger partial charge in [0, 0.05) is 23.1 Å². The van der Waals surface area contributed by atoms with Gasteiger partial charge in [0.15, 0.2) is 5.16 Å². The van der Waals surface area contributed by atoms with Crippen molar-refractivity contribution < 1.29 is 9.47 Å². The highest BCUT2D eigenvalue weighted by atomic mass is 79.9. The molecule has 1 aromatic heterocycles. The number of aromatic amines is 1. The van der Waals surface area contributed by atoms with Gasteiger partial charge < -0.3 is 14.5 Å². The monoisotopic (exact) mass is 426 g/mol. The van der Waals surface area contributed by atoms with Crippen LogP contribution in [0.5, 0.6) is 0 Å². The van der Waals surface area contributed by atoms with Gasteiger partial charge >= 0.3 is 0 Å². The Bertz CT molecular complexity index is 694. The minimum Gasteiger partial charge on any atom is -0.355 e. The van der Waals surface area contributed by atoms with Crippen molar-refractivity contribution in [1.29, 1.82) is 0 Å². The second-order valence-corrected chi connectivity index (χ2v) is 7.16. The zero-order chi connectivity index (χ0) is 17.9. The van der Waals surface area contributed by atoms with E-state index in [4.69, 9.17) is 9.47 Å². The number of alkyl halides is 1. The normalized spacial score (nSPS) is 11.0. The van der Waals surface area contributed by atoms with Crippen molar-refractivity contribution in [3.8, 4) is 0 Å². The highest BCUT2D eigenvalue weighted by Gasteiger charge is 2.11. The number of nitrogens with zero attached hydrogens (tertiary/aromatic N) is 1.